The molecule has 1 saturated carbocycles. The van der Waals surface area contributed by atoms with Gasteiger partial charge in [0.25, 0.3) is 11.5 Å². The van der Waals surface area contributed by atoms with Gasteiger partial charge in [-0.3, -0.25) is 9.59 Å². The lowest BCUT2D eigenvalue weighted by atomic mass is 10.1. The van der Waals surface area contributed by atoms with Gasteiger partial charge in [0, 0.05) is 51.4 Å². The van der Waals surface area contributed by atoms with Gasteiger partial charge >= 0.3 is 0 Å². The predicted molar refractivity (Wildman–Crippen MR) is 140 cm³/mol. The van der Waals surface area contributed by atoms with Gasteiger partial charge in [-0.2, -0.15) is 9.57 Å². The van der Waals surface area contributed by atoms with Crippen LogP contribution in [0.2, 0.25) is 0 Å². The molecule has 0 atom stereocenters. The molecule has 0 unspecified atom stereocenters. The number of aryl methyl sites for hydroxylation is 1. The molecule has 3 aromatic rings. The first-order valence-electron chi connectivity index (χ1n) is 12.3. The summed E-state index contributed by atoms with van der Waals surface area (Å²) in [4.78, 5) is 30.3. The summed E-state index contributed by atoms with van der Waals surface area (Å²) >= 11 is 0. The standard InChI is InChI=1S/C26H28N6O5S/c1-31-22-20(14-21(25(31)34)23(33)30-16-19-4-2-18(15-27)3-5-19)6-9-29-24(22)37-17-26(7-8-26)38(35,36)32-12-10-28-11-13-32/h2-6,9,14,28H,7-8,10-13,16-17H2,1H3,(H,30,33). The van der Waals surface area contributed by atoms with Crippen LogP contribution in [-0.4, -0.2) is 65.7 Å². The third-order valence-corrected chi connectivity index (χ3v) is 9.78. The van der Waals surface area contributed by atoms with Crippen molar-refractivity contribution in [3.63, 3.8) is 0 Å². The number of benzene rings is 1. The molecule has 1 saturated heterocycles. The fourth-order valence-electron chi connectivity index (χ4n) is 4.62. The zero-order valence-electron chi connectivity index (χ0n) is 20.9. The molecule has 38 heavy (non-hydrogen) atoms. The van der Waals surface area contributed by atoms with E-state index in [2.05, 4.69) is 15.6 Å². The quantitative estimate of drug-likeness (QED) is 0.431. The number of nitrogens with one attached hydrogen (secondary N) is 2. The Hall–Kier alpha value is -3.79. The lowest BCUT2D eigenvalue weighted by Gasteiger charge is -2.30. The van der Waals surface area contributed by atoms with Gasteiger partial charge in [0.2, 0.25) is 15.9 Å². The molecule has 2 N–H and O–H groups in total. The zero-order chi connectivity index (χ0) is 26.9. The molecule has 198 valence electrons. The van der Waals surface area contributed by atoms with Crippen LogP contribution in [0.3, 0.4) is 0 Å². The Balaban J connectivity index is 1.35. The number of rotatable bonds is 8. The molecule has 2 aromatic heterocycles. The van der Waals surface area contributed by atoms with Crippen molar-refractivity contribution in [2.24, 2.45) is 7.05 Å². The van der Waals surface area contributed by atoms with E-state index in [9.17, 15) is 18.0 Å². The Morgan fingerprint density at radius 2 is 1.92 bits per heavy atom. The number of fused-ring (bicyclic) bond motifs is 1. The van der Waals surface area contributed by atoms with E-state index < -0.39 is 26.2 Å². The second-order valence-corrected chi connectivity index (χ2v) is 11.9. The first-order chi connectivity index (χ1) is 18.3. The molecule has 12 heteroatoms. The maximum Gasteiger partial charge on any atom is 0.263 e. The third kappa shape index (κ3) is 4.76. The molecule has 1 aliphatic heterocycles. The zero-order valence-corrected chi connectivity index (χ0v) is 21.8. The second-order valence-electron chi connectivity index (χ2n) is 9.59. The maximum absolute atomic E-state index is 13.3. The van der Waals surface area contributed by atoms with Crippen molar-refractivity contribution in [2.75, 3.05) is 32.8 Å². The van der Waals surface area contributed by atoms with E-state index >= 15 is 0 Å². The Morgan fingerprint density at radius 3 is 2.58 bits per heavy atom. The van der Waals surface area contributed by atoms with Crippen molar-refractivity contribution >= 4 is 26.8 Å². The molecule has 2 fully saturated rings. The molecular formula is C26H28N6O5S. The largest absolute Gasteiger partial charge is 0.474 e. The lowest BCUT2D eigenvalue weighted by molar-refractivity contribution is 0.0949. The summed E-state index contributed by atoms with van der Waals surface area (Å²) in [7, 11) is -2.01. The van der Waals surface area contributed by atoms with Crippen molar-refractivity contribution in [3.8, 4) is 11.9 Å². The Morgan fingerprint density at radius 1 is 1.21 bits per heavy atom. The number of carbonyl (C=O) groups is 1. The number of pyridine rings is 2. The van der Waals surface area contributed by atoms with Gasteiger partial charge in [-0.05, 0) is 42.7 Å². The maximum atomic E-state index is 13.3. The lowest BCUT2D eigenvalue weighted by Crippen LogP contribution is -2.51. The highest BCUT2D eigenvalue weighted by atomic mass is 32.2. The van der Waals surface area contributed by atoms with E-state index in [1.807, 2.05) is 6.07 Å². The number of amides is 1. The highest BCUT2D eigenvalue weighted by Gasteiger charge is 2.57. The molecule has 1 aromatic carbocycles. The predicted octanol–water partition coefficient (Wildman–Crippen LogP) is 0.882. The minimum Gasteiger partial charge on any atom is -0.474 e. The van der Waals surface area contributed by atoms with Crippen LogP contribution in [0.5, 0.6) is 5.88 Å². The highest BCUT2D eigenvalue weighted by Crippen LogP contribution is 2.45. The van der Waals surface area contributed by atoms with Gasteiger partial charge in [-0.25, -0.2) is 13.4 Å². The van der Waals surface area contributed by atoms with Crippen LogP contribution in [0.15, 0.2) is 47.4 Å². The van der Waals surface area contributed by atoms with Crippen LogP contribution in [0, 0.1) is 11.3 Å². The van der Waals surface area contributed by atoms with Crippen molar-refractivity contribution in [3.05, 3.63) is 69.6 Å². The number of carbonyl (C=O) groups excluding carboxylic acids is 1. The van der Waals surface area contributed by atoms with Crippen molar-refractivity contribution < 1.29 is 17.9 Å². The normalized spacial score (nSPS) is 17.1. The average molecular weight is 537 g/mol. The SMILES string of the molecule is Cn1c(=O)c(C(=O)NCc2ccc(C#N)cc2)cc2ccnc(OCC3(S(=O)(=O)N4CCNCC4)CC3)c21. The number of sulfonamides is 1. The first-order valence-corrected chi connectivity index (χ1v) is 13.8. The molecule has 0 bridgehead atoms. The first kappa shape index (κ1) is 25.8. The van der Waals surface area contributed by atoms with E-state index in [0.29, 0.717) is 55.5 Å². The number of ether oxygens (including phenoxy) is 1. The number of piperazine rings is 1. The molecule has 0 radical (unpaired) electrons. The molecule has 0 spiro atoms. The fraction of sp³-hybridized carbons (Fsp3) is 0.385. The topological polar surface area (TPSA) is 146 Å². The Kier molecular flexibility index (Phi) is 6.92. The summed E-state index contributed by atoms with van der Waals surface area (Å²) in [5.41, 5.74) is 1.13. The van der Waals surface area contributed by atoms with E-state index in [0.717, 1.165) is 5.56 Å². The summed E-state index contributed by atoms with van der Waals surface area (Å²) < 4.78 is 34.4. The van der Waals surface area contributed by atoms with Gasteiger partial charge in [-0.15, -0.1) is 0 Å². The number of nitriles is 1. The van der Waals surface area contributed by atoms with E-state index in [-0.39, 0.29) is 24.6 Å². The smallest absolute Gasteiger partial charge is 0.263 e. The average Bonchev–Trinajstić information content (AvgIpc) is 3.75. The second kappa shape index (κ2) is 10.2. The minimum atomic E-state index is -3.54. The van der Waals surface area contributed by atoms with Crippen LogP contribution < -0.4 is 20.9 Å². The Labute approximate surface area is 220 Å². The van der Waals surface area contributed by atoms with E-state index in [1.54, 1.807) is 30.3 Å². The van der Waals surface area contributed by atoms with Crippen LogP contribution in [0.25, 0.3) is 10.9 Å². The van der Waals surface area contributed by atoms with Crippen LogP contribution in [0.1, 0.15) is 34.3 Å². The van der Waals surface area contributed by atoms with Gasteiger partial charge in [0.1, 0.15) is 22.4 Å². The highest BCUT2D eigenvalue weighted by molar-refractivity contribution is 7.90. The van der Waals surface area contributed by atoms with Gasteiger partial charge in [0.05, 0.1) is 11.6 Å². The monoisotopic (exact) mass is 536 g/mol. The van der Waals surface area contributed by atoms with Gasteiger partial charge in [0.15, 0.2) is 0 Å². The minimum absolute atomic E-state index is 0.0363. The van der Waals surface area contributed by atoms with Crippen molar-refractivity contribution in [2.45, 2.75) is 24.1 Å². The fourth-order valence-corrected chi connectivity index (χ4v) is 6.66. The number of nitrogens with zero attached hydrogens (tertiary/aromatic N) is 4. The summed E-state index contributed by atoms with van der Waals surface area (Å²) in [6.45, 7) is 2.23. The van der Waals surface area contributed by atoms with Crippen LogP contribution in [-0.2, 0) is 23.6 Å². The molecule has 2 aliphatic rings. The molecule has 1 amide bonds. The van der Waals surface area contributed by atoms with Crippen molar-refractivity contribution in [1.29, 1.82) is 5.26 Å². The van der Waals surface area contributed by atoms with Crippen LogP contribution >= 0.6 is 0 Å². The number of hydrogen-bond donors (Lipinski definition) is 2. The van der Waals surface area contributed by atoms with Crippen LogP contribution in [0.4, 0.5) is 0 Å². The Bertz CT molecular complexity index is 1580. The third-order valence-electron chi connectivity index (χ3n) is 7.12. The molecule has 11 nitrogen and oxygen atoms in total. The molecular weight excluding hydrogens is 508 g/mol. The summed E-state index contributed by atoms with van der Waals surface area (Å²) in [6.07, 6.45) is 2.52. The summed E-state index contributed by atoms with van der Waals surface area (Å²) in [5, 5.41) is 15.4. The van der Waals surface area contributed by atoms with E-state index in [1.165, 1.54) is 28.2 Å². The van der Waals surface area contributed by atoms with Gasteiger partial charge in [-0.1, -0.05) is 12.1 Å². The summed E-state index contributed by atoms with van der Waals surface area (Å²) in [6, 6.07) is 12.0. The number of aromatic nitrogens is 2. The van der Waals surface area contributed by atoms with Crippen molar-refractivity contribution in [1.82, 2.24) is 24.5 Å². The summed E-state index contributed by atoms with van der Waals surface area (Å²) in [5.74, 6) is -0.386. The number of hydrogen-bond acceptors (Lipinski definition) is 8. The molecule has 1 aliphatic carbocycles. The molecule has 3 heterocycles. The molecule has 5 rings (SSSR count). The van der Waals surface area contributed by atoms with Gasteiger partial charge < -0.3 is 19.9 Å². The van der Waals surface area contributed by atoms with E-state index in [4.69, 9.17) is 10.00 Å².